The molecule has 1 aromatic carbocycles. The molecule has 2 rings (SSSR count). The first kappa shape index (κ1) is 19.8. The summed E-state index contributed by atoms with van der Waals surface area (Å²) in [6.07, 6.45) is 0.336. The van der Waals surface area contributed by atoms with Gasteiger partial charge in [0.25, 0.3) is 0 Å². The SMILES string of the molecule is Cl.O=C(Cc1ccc(C(F)(F)F)cc1)NCC1CCCCCN1. The van der Waals surface area contributed by atoms with Crippen molar-refractivity contribution in [2.24, 2.45) is 0 Å². The van der Waals surface area contributed by atoms with E-state index < -0.39 is 11.7 Å². The van der Waals surface area contributed by atoms with Crippen LogP contribution in [-0.2, 0) is 17.4 Å². The van der Waals surface area contributed by atoms with Crippen LogP contribution in [0.25, 0.3) is 0 Å². The third-order valence-electron chi connectivity index (χ3n) is 3.85. The minimum Gasteiger partial charge on any atom is -0.354 e. The van der Waals surface area contributed by atoms with Gasteiger partial charge in [0.2, 0.25) is 5.91 Å². The highest BCUT2D eigenvalue weighted by Gasteiger charge is 2.29. The molecule has 1 aromatic rings. The molecule has 2 N–H and O–H groups in total. The summed E-state index contributed by atoms with van der Waals surface area (Å²) in [6.45, 7) is 1.54. The molecule has 1 fully saturated rings. The Balaban J connectivity index is 0.00000264. The van der Waals surface area contributed by atoms with Crippen molar-refractivity contribution in [3.63, 3.8) is 0 Å². The summed E-state index contributed by atoms with van der Waals surface area (Å²) >= 11 is 0. The predicted octanol–water partition coefficient (Wildman–Crippen LogP) is 3.32. The molecule has 0 radical (unpaired) electrons. The third-order valence-corrected chi connectivity index (χ3v) is 3.85. The molecule has 1 amide bonds. The minimum atomic E-state index is -4.34. The number of nitrogens with one attached hydrogen (secondary N) is 2. The van der Waals surface area contributed by atoms with E-state index in [1.165, 1.54) is 18.6 Å². The second kappa shape index (κ2) is 9.13. The number of hydrogen-bond donors (Lipinski definition) is 2. The number of hydrogen-bond acceptors (Lipinski definition) is 2. The average Bonchev–Trinajstić information content (AvgIpc) is 2.73. The maximum absolute atomic E-state index is 12.5. The highest BCUT2D eigenvalue weighted by Crippen LogP contribution is 2.29. The summed E-state index contributed by atoms with van der Waals surface area (Å²) in [6, 6.07) is 5.02. The molecule has 1 unspecified atom stereocenters. The van der Waals surface area contributed by atoms with Crippen molar-refractivity contribution in [1.29, 1.82) is 0 Å². The molecule has 23 heavy (non-hydrogen) atoms. The lowest BCUT2D eigenvalue weighted by atomic mass is 10.1. The molecular formula is C16H22ClF3N2O. The number of rotatable bonds is 4. The van der Waals surface area contributed by atoms with E-state index in [1.807, 2.05) is 0 Å². The smallest absolute Gasteiger partial charge is 0.354 e. The number of alkyl halides is 3. The molecule has 0 aliphatic carbocycles. The van der Waals surface area contributed by atoms with Crippen molar-refractivity contribution in [3.8, 4) is 0 Å². The van der Waals surface area contributed by atoms with Crippen LogP contribution in [0.1, 0.15) is 36.8 Å². The van der Waals surface area contributed by atoms with E-state index in [4.69, 9.17) is 0 Å². The van der Waals surface area contributed by atoms with Crippen LogP contribution in [0.4, 0.5) is 13.2 Å². The fourth-order valence-electron chi connectivity index (χ4n) is 2.57. The normalized spacial score (nSPS) is 18.7. The van der Waals surface area contributed by atoms with Crippen molar-refractivity contribution in [2.45, 2.75) is 44.3 Å². The van der Waals surface area contributed by atoms with Crippen LogP contribution in [0.2, 0.25) is 0 Å². The molecule has 7 heteroatoms. The van der Waals surface area contributed by atoms with Gasteiger partial charge in [-0.25, -0.2) is 0 Å². The van der Waals surface area contributed by atoms with Crippen LogP contribution in [0, 0.1) is 0 Å². The van der Waals surface area contributed by atoms with Crippen molar-refractivity contribution in [2.75, 3.05) is 13.1 Å². The van der Waals surface area contributed by atoms with Crippen molar-refractivity contribution in [3.05, 3.63) is 35.4 Å². The van der Waals surface area contributed by atoms with Crippen molar-refractivity contribution in [1.82, 2.24) is 10.6 Å². The van der Waals surface area contributed by atoms with Gasteiger partial charge in [0.05, 0.1) is 12.0 Å². The summed E-state index contributed by atoms with van der Waals surface area (Å²) in [5.41, 5.74) is -0.112. The molecule has 1 heterocycles. The zero-order chi connectivity index (χ0) is 16.0. The molecule has 0 spiro atoms. The molecule has 1 aliphatic rings. The molecule has 1 aliphatic heterocycles. The molecule has 0 aromatic heterocycles. The number of carbonyl (C=O) groups is 1. The first-order valence-corrected chi connectivity index (χ1v) is 7.61. The molecule has 130 valence electrons. The Labute approximate surface area is 140 Å². The van der Waals surface area contributed by atoms with E-state index in [9.17, 15) is 18.0 Å². The Morgan fingerprint density at radius 3 is 2.52 bits per heavy atom. The van der Waals surface area contributed by atoms with Crippen LogP contribution < -0.4 is 10.6 Å². The molecule has 1 saturated heterocycles. The standard InChI is InChI=1S/C16H21F3N2O.ClH/c17-16(18,19)13-7-5-12(6-8-13)10-15(22)21-11-14-4-2-1-3-9-20-14;/h5-8,14,20H,1-4,9-11H2,(H,21,22);1H. The first-order chi connectivity index (χ1) is 10.4. The van der Waals surface area contributed by atoms with Crippen LogP contribution in [0.3, 0.4) is 0 Å². The van der Waals surface area contributed by atoms with Gasteiger partial charge in [-0.05, 0) is 37.1 Å². The van der Waals surface area contributed by atoms with E-state index in [2.05, 4.69) is 10.6 Å². The van der Waals surface area contributed by atoms with E-state index in [0.29, 0.717) is 18.2 Å². The number of carbonyl (C=O) groups excluding carboxylic acids is 1. The third kappa shape index (κ3) is 6.79. The van der Waals surface area contributed by atoms with Crippen LogP contribution in [0.5, 0.6) is 0 Å². The second-order valence-electron chi connectivity index (χ2n) is 5.68. The van der Waals surface area contributed by atoms with Gasteiger partial charge in [0.15, 0.2) is 0 Å². The van der Waals surface area contributed by atoms with Gasteiger partial charge < -0.3 is 10.6 Å². The Morgan fingerprint density at radius 2 is 1.87 bits per heavy atom. The zero-order valence-corrected chi connectivity index (χ0v) is 13.6. The summed E-state index contributed by atoms with van der Waals surface area (Å²) < 4.78 is 37.4. The zero-order valence-electron chi connectivity index (χ0n) is 12.8. The summed E-state index contributed by atoms with van der Waals surface area (Å²) in [5, 5.41) is 6.23. The summed E-state index contributed by atoms with van der Waals surface area (Å²) in [5.74, 6) is -0.161. The first-order valence-electron chi connectivity index (χ1n) is 7.61. The Kier molecular flexibility index (Phi) is 7.85. The van der Waals surface area contributed by atoms with Gasteiger partial charge in [0.1, 0.15) is 0 Å². The van der Waals surface area contributed by atoms with E-state index in [0.717, 1.165) is 37.9 Å². The van der Waals surface area contributed by atoms with Gasteiger partial charge in [0, 0.05) is 12.6 Å². The van der Waals surface area contributed by atoms with Gasteiger partial charge in [-0.15, -0.1) is 12.4 Å². The highest BCUT2D eigenvalue weighted by atomic mass is 35.5. The van der Waals surface area contributed by atoms with Crippen molar-refractivity contribution < 1.29 is 18.0 Å². The summed E-state index contributed by atoms with van der Waals surface area (Å²) in [4.78, 5) is 11.9. The van der Waals surface area contributed by atoms with E-state index in [1.54, 1.807) is 0 Å². The lowest BCUT2D eigenvalue weighted by Crippen LogP contribution is -2.40. The molecule has 0 bridgehead atoms. The van der Waals surface area contributed by atoms with Crippen LogP contribution >= 0.6 is 12.4 Å². The lowest BCUT2D eigenvalue weighted by molar-refractivity contribution is -0.137. The second-order valence-corrected chi connectivity index (χ2v) is 5.68. The Morgan fingerprint density at radius 1 is 1.17 bits per heavy atom. The van der Waals surface area contributed by atoms with E-state index >= 15 is 0 Å². The topological polar surface area (TPSA) is 41.1 Å². The monoisotopic (exact) mass is 350 g/mol. The quantitative estimate of drug-likeness (QED) is 0.874. The number of amides is 1. The predicted molar refractivity (Wildman–Crippen MR) is 85.7 cm³/mol. The largest absolute Gasteiger partial charge is 0.416 e. The molecular weight excluding hydrogens is 329 g/mol. The summed E-state index contributed by atoms with van der Waals surface area (Å²) in [7, 11) is 0. The Bertz CT molecular complexity index is 483. The fraction of sp³-hybridized carbons (Fsp3) is 0.562. The van der Waals surface area contributed by atoms with Crippen molar-refractivity contribution >= 4 is 18.3 Å². The minimum absolute atomic E-state index is 0. The van der Waals surface area contributed by atoms with Crippen LogP contribution in [0.15, 0.2) is 24.3 Å². The molecule has 0 saturated carbocycles. The average molecular weight is 351 g/mol. The maximum Gasteiger partial charge on any atom is 0.416 e. The molecule has 1 atom stereocenters. The lowest BCUT2D eigenvalue weighted by Gasteiger charge is -2.16. The number of halogens is 4. The van der Waals surface area contributed by atoms with Gasteiger partial charge in [-0.1, -0.05) is 25.0 Å². The van der Waals surface area contributed by atoms with Gasteiger partial charge >= 0.3 is 6.18 Å². The van der Waals surface area contributed by atoms with Crippen LogP contribution in [-0.4, -0.2) is 25.0 Å². The Hall–Kier alpha value is -1.27. The fourth-order valence-corrected chi connectivity index (χ4v) is 2.57. The van der Waals surface area contributed by atoms with Gasteiger partial charge in [-0.2, -0.15) is 13.2 Å². The van der Waals surface area contributed by atoms with E-state index in [-0.39, 0.29) is 24.7 Å². The highest BCUT2D eigenvalue weighted by molar-refractivity contribution is 5.85. The van der Waals surface area contributed by atoms with Gasteiger partial charge in [-0.3, -0.25) is 4.79 Å². The maximum atomic E-state index is 12.5. The molecule has 3 nitrogen and oxygen atoms in total. The number of benzene rings is 1.